The molecule has 0 spiro atoms. The minimum Gasteiger partial charge on any atom is -0.497 e. The van der Waals surface area contributed by atoms with E-state index in [4.69, 9.17) is 27.9 Å². The van der Waals surface area contributed by atoms with Crippen LogP contribution in [0.5, 0.6) is 5.75 Å². The predicted molar refractivity (Wildman–Crippen MR) is 149 cm³/mol. The maximum Gasteiger partial charge on any atom is 0.264 e. The van der Waals surface area contributed by atoms with E-state index in [0.29, 0.717) is 5.75 Å². The molecule has 0 heterocycles. The molecule has 0 saturated carbocycles. The van der Waals surface area contributed by atoms with Gasteiger partial charge in [0.25, 0.3) is 10.0 Å². The summed E-state index contributed by atoms with van der Waals surface area (Å²) in [4.78, 5) is 27.6. The lowest BCUT2D eigenvalue weighted by Gasteiger charge is -2.32. The maximum atomic E-state index is 13.8. The lowest BCUT2D eigenvalue weighted by Crippen LogP contribution is -2.50. The molecule has 2 amide bonds. The topological polar surface area (TPSA) is 96.0 Å². The fourth-order valence-electron chi connectivity index (χ4n) is 3.75. The second kappa shape index (κ2) is 12.5. The van der Waals surface area contributed by atoms with Crippen molar-refractivity contribution in [1.82, 2.24) is 10.2 Å². The van der Waals surface area contributed by atoms with Crippen molar-refractivity contribution in [3.8, 4) is 5.75 Å². The van der Waals surface area contributed by atoms with Gasteiger partial charge in [-0.25, -0.2) is 8.42 Å². The van der Waals surface area contributed by atoms with Crippen molar-refractivity contribution in [2.24, 2.45) is 0 Å². The summed E-state index contributed by atoms with van der Waals surface area (Å²) in [6.45, 7) is 2.85. The van der Waals surface area contributed by atoms with Gasteiger partial charge in [0.05, 0.1) is 27.7 Å². The summed E-state index contributed by atoms with van der Waals surface area (Å²) < 4.78 is 33.7. The van der Waals surface area contributed by atoms with Crippen LogP contribution in [0.2, 0.25) is 10.0 Å². The van der Waals surface area contributed by atoms with Gasteiger partial charge in [-0.15, -0.1) is 0 Å². The molecule has 3 rings (SSSR count). The molecule has 3 aromatic rings. The molecule has 11 heteroatoms. The highest BCUT2D eigenvalue weighted by Crippen LogP contribution is 2.35. The van der Waals surface area contributed by atoms with Gasteiger partial charge >= 0.3 is 0 Å². The van der Waals surface area contributed by atoms with Gasteiger partial charge in [-0.05, 0) is 55.8 Å². The first-order chi connectivity index (χ1) is 18.0. The van der Waals surface area contributed by atoms with Gasteiger partial charge in [-0.1, -0.05) is 59.1 Å². The summed E-state index contributed by atoms with van der Waals surface area (Å²) in [5.74, 6) is -0.374. The van der Waals surface area contributed by atoms with E-state index in [2.05, 4.69) is 5.32 Å². The third-order valence-electron chi connectivity index (χ3n) is 6.01. The van der Waals surface area contributed by atoms with Crippen molar-refractivity contribution < 1.29 is 22.7 Å². The zero-order valence-corrected chi connectivity index (χ0v) is 23.8. The number of nitrogens with one attached hydrogen (secondary N) is 1. The molecular formula is C27H29Cl2N3O5S. The van der Waals surface area contributed by atoms with Gasteiger partial charge in [0, 0.05) is 13.6 Å². The highest BCUT2D eigenvalue weighted by molar-refractivity contribution is 7.92. The van der Waals surface area contributed by atoms with E-state index in [1.165, 1.54) is 36.2 Å². The fourth-order valence-corrected chi connectivity index (χ4v) is 5.63. The number of carbonyl (C=O) groups is 2. The Hall–Kier alpha value is -3.27. The van der Waals surface area contributed by atoms with Crippen LogP contribution in [0.15, 0.2) is 71.6 Å². The Labute approximate surface area is 233 Å². The van der Waals surface area contributed by atoms with Crippen LogP contribution in [0.1, 0.15) is 18.1 Å². The van der Waals surface area contributed by atoms with Gasteiger partial charge in [0.2, 0.25) is 11.8 Å². The Morgan fingerprint density at radius 1 is 1.00 bits per heavy atom. The van der Waals surface area contributed by atoms with Crippen molar-refractivity contribution in [1.29, 1.82) is 0 Å². The number of sulfonamides is 1. The van der Waals surface area contributed by atoms with Crippen LogP contribution in [0.4, 0.5) is 5.69 Å². The van der Waals surface area contributed by atoms with Crippen molar-refractivity contribution in [2.45, 2.75) is 31.3 Å². The molecule has 38 heavy (non-hydrogen) atoms. The van der Waals surface area contributed by atoms with E-state index in [1.54, 1.807) is 56.5 Å². The smallest absolute Gasteiger partial charge is 0.264 e. The van der Waals surface area contributed by atoms with Gasteiger partial charge in [-0.2, -0.15) is 0 Å². The van der Waals surface area contributed by atoms with E-state index < -0.39 is 34.4 Å². The molecule has 1 atom stereocenters. The minimum atomic E-state index is -4.25. The number of halogens is 2. The van der Waals surface area contributed by atoms with E-state index in [0.717, 1.165) is 15.4 Å². The van der Waals surface area contributed by atoms with Crippen molar-refractivity contribution >= 4 is 50.7 Å². The first kappa shape index (κ1) is 29.3. The van der Waals surface area contributed by atoms with Crippen LogP contribution in [-0.2, 0) is 26.2 Å². The number of nitrogens with zero attached hydrogens (tertiary/aromatic N) is 2. The molecule has 1 unspecified atom stereocenters. The average Bonchev–Trinajstić information content (AvgIpc) is 2.91. The predicted octanol–water partition coefficient (Wildman–Crippen LogP) is 4.67. The van der Waals surface area contributed by atoms with E-state index in [-0.39, 0.29) is 27.2 Å². The number of amides is 2. The first-order valence-electron chi connectivity index (χ1n) is 11.7. The fraction of sp³-hybridized carbons (Fsp3) is 0.259. The summed E-state index contributed by atoms with van der Waals surface area (Å²) in [7, 11) is -1.24. The first-order valence-corrected chi connectivity index (χ1v) is 13.9. The SMILES string of the molecule is CNC(=O)C(C)N(Cc1ccc(OC)cc1)C(=O)CN(c1cccc(Cl)c1Cl)S(=O)(=O)c1ccc(C)cc1. The zero-order valence-electron chi connectivity index (χ0n) is 21.4. The summed E-state index contributed by atoms with van der Waals surface area (Å²) in [5, 5.41) is 2.66. The number of hydrogen-bond donors (Lipinski definition) is 1. The quantitative estimate of drug-likeness (QED) is 0.378. The molecule has 0 aromatic heterocycles. The number of rotatable bonds is 10. The second-order valence-electron chi connectivity index (χ2n) is 8.56. The van der Waals surface area contributed by atoms with Crippen LogP contribution in [0.3, 0.4) is 0 Å². The molecular weight excluding hydrogens is 549 g/mol. The molecule has 0 bridgehead atoms. The van der Waals surface area contributed by atoms with Crippen LogP contribution in [0.25, 0.3) is 0 Å². The maximum absolute atomic E-state index is 13.8. The molecule has 3 aromatic carbocycles. The largest absolute Gasteiger partial charge is 0.497 e. The highest BCUT2D eigenvalue weighted by Gasteiger charge is 2.33. The minimum absolute atomic E-state index is 0.0151. The van der Waals surface area contributed by atoms with E-state index >= 15 is 0 Å². The molecule has 0 radical (unpaired) electrons. The number of hydrogen-bond acceptors (Lipinski definition) is 5. The molecule has 0 fully saturated rings. The molecule has 0 saturated heterocycles. The number of aryl methyl sites for hydroxylation is 1. The Balaban J connectivity index is 2.06. The summed E-state index contributed by atoms with van der Waals surface area (Å²) >= 11 is 12.6. The molecule has 1 N–H and O–H groups in total. The van der Waals surface area contributed by atoms with Crippen LogP contribution in [-0.4, -0.2) is 51.9 Å². The van der Waals surface area contributed by atoms with Crippen molar-refractivity contribution in [3.63, 3.8) is 0 Å². The molecule has 0 aliphatic carbocycles. The van der Waals surface area contributed by atoms with Crippen LogP contribution in [0, 0.1) is 6.92 Å². The number of anilines is 1. The summed E-state index contributed by atoms with van der Waals surface area (Å²) in [6, 6.07) is 16.9. The molecule has 0 aliphatic rings. The lowest BCUT2D eigenvalue weighted by atomic mass is 10.1. The number of ether oxygens (including phenoxy) is 1. The highest BCUT2D eigenvalue weighted by atomic mass is 35.5. The number of carbonyl (C=O) groups excluding carboxylic acids is 2. The Morgan fingerprint density at radius 2 is 1.63 bits per heavy atom. The van der Waals surface area contributed by atoms with Gasteiger partial charge in [0.15, 0.2) is 0 Å². The van der Waals surface area contributed by atoms with Gasteiger partial charge in [-0.3, -0.25) is 13.9 Å². The van der Waals surface area contributed by atoms with E-state index in [1.807, 2.05) is 6.92 Å². The third-order valence-corrected chi connectivity index (χ3v) is 8.60. The number of benzene rings is 3. The molecule has 202 valence electrons. The Bertz CT molecular complexity index is 1400. The van der Waals surface area contributed by atoms with Crippen molar-refractivity contribution in [3.05, 3.63) is 87.9 Å². The number of methoxy groups -OCH3 is 1. The summed E-state index contributed by atoms with van der Waals surface area (Å²) in [5.41, 5.74) is 1.64. The zero-order chi connectivity index (χ0) is 28.0. The summed E-state index contributed by atoms with van der Waals surface area (Å²) in [6.07, 6.45) is 0. The van der Waals surface area contributed by atoms with Gasteiger partial charge < -0.3 is 15.0 Å². The normalized spacial score (nSPS) is 11.9. The third kappa shape index (κ3) is 6.59. The van der Waals surface area contributed by atoms with Crippen LogP contribution >= 0.6 is 23.2 Å². The molecule has 8 nitrogen and oxygen atoms in total. The van der Waals surface area contributed by atoms with Crippen LogP contribution < -0.4 is 14.4 Å². The standard InChI is InChI=1S/C27H29Cl2N3O5S/c1-18-8-14-22(15-9-18)38(35,36)32(24-7-5-6-23(28)26(24)29)17-25(33)31(19(2)27(34)30-3)16-20-10-12-21(37-4)13-11-20/h5-15,19H,16-17H2,1-4H3,(H,30,34). The lowest BCUT2D eigenvalue weighted by molar-refractivity contribution is -0.139. The second-order valence-corrected chi connectivity index (χ2v) is 11.2. The van der Waals surface area contributed by atoms with Crippen molar-refractivity contribution in [2.75, 3.05) is 25.0 Å². The monoisotopic (exact) mass is 577 g/mol. The van der Waals surface area contributed by atoms with Gasteiger partial charge in [0.1, 0.15) is 18.3 Å². The Morgan fingerprint density at radius 3 is 2.21 bits per heavy atom. The van der Waals surface area contributed by atoms with E-state index in [9.17, 15) is 18.0 Å². The number of likely N-dealkylation sites (N-methyl/N-ethyl adjacent to an activating group) is 1. The molecule has 0 aliphatic heterocycles. The average molecular weight is 579 g/mol. The Kier molecular flexibility index (Phi) is 9.65.